The first-order valence-electron chi connectivity index (χ1n) is 6.02. The molecule has 0 aliphatic heterocycles. The van der Waals surface area contributed by atoms with E-state index in [9.17, 15) is 0 Å². The molecular formula is C14H12O2S6. The fraction of sp³-hybridized carbons (Fsp3) is 0.143. The van der Waals surface area contributed by atoms with Crippen LogP contribution in [0.15, 0.2) is 46.2 Å². The average molecular weight is 405 g/mol. The third kappa shape index (κ3) is 4.94. The van der Waals surface area contributed by atoms with Gasteiger partial charge in [0.1, 0.15) is 0 Å². The van der Waals surface area contributed by atoms with Crippen LogP contribution < -0.4 is 0 Å². The summed E-state index contributed by atoms with van der Waals surface area (Å²) in [6.07, 6.45) is 0. The van der Waals surface area contributed by atoms with E-state index in [4.69, 9.17) is 33.9 Å². The van der Waals surface area contributed by atoms with Crippen molar-refractivity contribution in [2.24, 2.45) is 0 Å². The Bertz CT molecular complexity index is 630. The van der Waals surface area contributed by atoms with Crippen LogP contribution >= 0.6 is 67.6 Å². The highest BCUT2D eigenvalue weighted by molar-refractivity contribution is 8.84. The molecule has 0 spiro atoms. The predicted octanol–water partition coefficient (Wildman–Crippen LogP) is 6.18. The van der Waals surface area contributed by atoms with Crippen molar-refractivity contribution < 1.29 is 9.47 Å². The Morgan fingerprint density at radius 1 is 0.773 bits per heavy atom. The summed E-state index contributed by atoms with van der Waals surface area (Å²) in [5, 5.41) is 2.38. The summed E-state index contributed by atoms with van der Waals surface area (Å²) >= 11 is 10.1. The van der Waals surface area contributed by atoms with E-state index in [2.05, 4.69) is 24.3 Å². The van der Waals surface area contributed by atoms with Crippen molar-refractivity contribution in [2.45, 2.75) is 9.79 Å². The van der Waals surface area contributed by atoms with Gasteiger partial charge in [-0.3, -0.25) is 0 Å². The van der Waals surface area contributed by atoms with Gasteiger partial charge in [0, 0.05) is 9.79 Å². The Balaban J connectivity index is 2.26. The molecule has 0 fully saturated rings. The summed E-state index contributed by atoms with van der Waals surface area (Å²) in [6, 6.07) is 12.5. The standard InChI is InChI=1S/C14H12O2S6/c1-15-13(17)21-19-11-7-8-12(20-22-14(18)16-2)10-6-4-3-5-9(10)11/h3-8H,1-2H3. The van der Waals surface area contributed by atoms with Gasteiger partial charge >= 0.3 is 0 Å². The summed E-state index contributed by atoms with van der Waals surface area (Å²) in [6.45, 7) is 0. The van der Waals surface area contributed by atoms with E-state index in [1.807, 2.05) is 12.1 Å². The van der Waals surface area contributed by atoms with Crippen molar-refractivity contribution >= 4 is 87.1 Å². The minimum atomic E-state index is 0.522. The quantitative estimate of drug-likeness (QED) is 0.438. The molecule has 8 heteroatoms. The van der Waals surface area contributed by atoms with Gasteiger partial charge < -0.3 is 9.47 Å². The van der Waals surface area contributed by atoms with Crippen molar-refractivity contribution in [1.82, 2.24) is 0 Å². The Hall–Kier alpha value is -0.120. The minimum absolute atomic E-state index is 0.522. The van der Waals surface area contributed by atoms with Crippen molar-refractivity contribution in [1.29, 1.82) is 0 Å². The highest BCUT2D eigenvalue weighted by atomic mass is 33.1. The number of fused-ring (bicyclic) bond motifs is 1. The molecule has 2 aromatic carbocycles. The number of ether oxygens (including phenoxy) is 2. The monoisotopic (exact) mass is 404 g/mol. The molecule has 22 heavy (non-hydrogen) atoms. The van der Waals surface area contributed by atoms with Crippen LogP contribution in [0.4, 0.5) is 0 Å². The predicted molar refractivity (Wildman–Crippen MR) is 110 cm³/mol. The summed E-state index contributed by atoms with van der Waals surface area (Å²) < 4.78 is 11.1. The van der Waals surface area contributed by atoms with Crippen molar-refractivity contribution in [3.8, 4) is 0 Å². The number of hydrogen-bond donors (Lipinski definition) is 0. The molecular weight excluding hydrogens is 393 g/mol. The molecule has 0 radical (unpaired) electrons. The van der Waals surface area contributed by atoms with Crippen LogP contribution in [0.3, 0.4) is 0 Å². The van der Waals surface area contributed by atoms with Gasteiger partial charge in [-0.05, 0) is 90.5 Å². The third-order valence-corrected chi connectivity index (χ3v) is 8.37. The minimum Gasteiger partial charge on any atom is -0.481 e. The molecule has 0 saturated heterocycles. The lowest BCUT2D eigenvalue weighted by Gasteiger charge is -2.10. The van der Waals surface area contributed by atoms with Gasteiger partial charge in [0.25, 0.3) is 0 Å². The second-order valence-corrected chi connectivity index (χ2v) is 9.40. The maximum absolute atomic E-state index is 5.07. The van der Waals surface area contributed by atoms with Crippen molar-refractivity contribution in [3.63, 3.8) is 0 Å². The second kappa shape index (κ2) is 9.24. The number of rotatable bonds is 4. The van der Waals surface area contributed by atoms with E-state index in [1.165, 1.54) is 32.4 Å². The highest BCUT2D eigenvalue weighted by Crippen LogP contribution is 2.42. The van der Waals surface area contributed by atoms with E-state index in [0.717, 1.165) is 9.79 Å². The molecule has 0 unspecified atom stereocenters. The molecule has 0 saturated carbocycles. The number of hydrogen-bond acceptors (Lipinski definition) is 8. The Morgan fingerprint density at radius 2 is 1.18 bits per heavy atom. The van der Waals surface area contributed by atoms with Crippen LogP contribution in [-0.2, 0) is 9.47 Å². The fourth-order valence-electron chi connectivity index (χ4n) is 1.61. The van der Waals surface area contributed by atoms with Crippen molar-refractivity contribution in [2.75, 3.05) is 14.2 Å². The summed E-state index contributed by atoms with van der Waals surface area (Å²) in [5.74, 6) is 0. The van der Waals surface area contributed by atoms with Gasteiger partial charge in [-0.15, -0.1) is 0 Å². The van der Waals surface area contributed by atoms with E-state index >= 15 is 0 Å². The van der Waals surface area contributed by atoms with Gasteiger partial charge in [0.2, 0.25) is 8.77 Å². The van der Waals surface area contributed by atoms with Gasteiger partial charge in [0.05, 0.1) is 14.2 Å². The first kappa shape index (κ1) is 18.2. The maximum atomic E-state index is 5.07. The molecule has 0 aromatic heterocycles. The molecule has 2 rings (SSSR count). The lowest BCUT2D eigenvalue weighted by Crippen LogP contribution is -1.88. The van der Waals surface area contributed by atoms with Gasteiger partial charge in [-0.2, -0.15) is 0 Å². The molecule has 116 valence electrons. The zero-order chi connectivity index (χ0) is 15.9. The van der Waals surface area contributed by atoms with Gasteiger partial charge in [0.15, 0.2) is 0 Å². The van der Waals surface area contributed by atoms with Crippen LogP contribution in [0.5, 0.6) is 0 Å². The average Bonchev–Trinajstić information content (AvgIpc) is 2.57. The molecule has 0 aliphatic carbocycles. The molecule has 0 amide bonds. The van der Waals surface area contributed by atoms with Crippen LogP contribution in [-0.4, -0.2) is 23.0 Å². The van der Waals surface area contributed by atoms with Gasteiger partial charge in [-0.1, -0.05) is 24.3 Å². The maximum Gasteiger partial charge on any atom is 0.230 e. The van der Waals surface area contributed by atoms with Crippen LogP contribution in [0, 0.1) is 0 Å². The molecule has 2 nitrogen and oxygen atoms in total. The van der Waals surface area contributed by atoms with E-state index < -0.39 is 0 Å². The number of methoxy groups -OCH3 is 2. The van der Waals surface area contributed by atoms with Crippen LogP contribution in [0.25, 0.3) is 10.8 Å². The molecule has 0 heterocycles. The van der Waals surface area contributed by atoms with Crippen molar-refractivity contribution in [3.05, 3.63) is 36.4 Å². The van der Waals surface area contributed by atoms with Crippen LogP contribution in [0.1, 0.15) is 0 Å². The van der Waals surface area contributed by atoms with E-state index in [-0.39, 0.29) is 0 Å². The lowest BCUT2D eigenvalue weighted by molar-refractivity contribution is 0.426. The van der Waals surface area contributed by atoms with E-state index in [0.29, 0.717) is 8.77 Å². The zero-order valence-electron chi connectivity index (χ0n) is 11.7. The topological polar surface area (TPSA) is 18.5 Å². The van der Waals surface area contributed by atoms with Crippen LogP contribution in [0.2, 0.25) is 0 Å². The molecule has 0 bridgehead atoms. The molecule has 0 N–H and O–H groups in total. The number of benzene rings is 2. The summed E-state index contributed by atoms with van der Waals surface area (Å²) in [4.78, 5) is 2.31. The Kier molecular flexibility index (Phi) is 7.66. The highest BCUT2D eigenvalue weighted by Gasteiger charge is 2.10. The van der Waals surface area contributed by atoms with E-state index in [1.54, 1.807) is 35.8 Å². The Morgan fingerprint density at radius 3 is 1.55 bits per heavy atom. The number of thiocarbonyl (C=S) groups is 2. The summed E-state index contributed by atoms with van der Waals surface area (Å²) in [5.41, 5.74) is 0. The first-order chi connectivity index (χ1) is 10.7. The normalized spacial score (nSPS) is 10.5. The fourth-order valence-corrected chi connectivity index (χ4v) is 5.69. The SMILES string of the molecule is COC(=S)SSc1ccc(SSC(=S)OC)c2ccccc12. The largest absolute Gasteiger partial charge is 0.481 e. The smallest absolute Gasteiger partial charge is 0.230 e. The zero-order valence-corrected chi connectivity index (χ0v) is 16.6. The molecule has 0 aliphatic rings. The second-order valence-electron chi connectivity index (χ2n) is 3.85. The molecule has 2 aromatic rings. The Labute approximate surface area is 156 Å². The molecule has 0 atom stereocenters. The summed E-state index contributed by atoms with van der Waals surface area (Å²) in [7, 11) is 9.27. The first-order valence-corrected chi connectivity index (χ1v) is 11.1. The van der Waals surface area contributed by atoms with Gasteiger partial charge in [-0.25, -0.2) is 0 Å². The third-order valence-electron chi connectivity index (χ3n) is 2.58. The lowest BCUT2D eigenvalue weighted by atomic mass is 10.1.